The van der Waals surface area contributed by atoms with Crippen LogP contribution in [0.1, 0.15) is 22.8 Å². The molecule has 1 amide bonds. The molecule has 0 aliphatic rings. The number of phenolic OH excluding ortho intramolecular Hbond substituents is 1. The van der Waals surface area contributed by atoms with Gasteiger partial charge in [-0.2, -0.15) is 0 Å². The number of hydrogen-bond acceptors (Lipinski definition) is 5. The van der Waals surface area contributed by atoms with Crippen molar-refractivity contribution < 1.29 is 24.2 Å². The van der Waals surface area contributed by atoms with E-state index in [0.717, 1.165) is 5.56 Å². The van der Waals surface area contributed by atoms with Crippen molar-refractivity contribution in [2.24, 2.45) is 0 Å². The van der Waals surface area contributed by atoms with Crippen molar-refractivity contribution in [1.29, 1.82) is 0 Å². The van der Waals surface area contributed by atoms with Crippen LogP contribution in [-0.4, -0.2) is 42.1 Å². The largest absolute Gasteiger partial charge is 0.507 e. The number of rotatable bonds is 7. The van der Waals surface area contributed by atoms with E-state index in [9.17, 15) is 14.7 Å². The van der Waals surface area contributed by atoms with Crippen LogP contribution >= 0.6 is 0 Å². The minimum absolute atomic E-state index is 0.0982. The van der Waals surface area contributed by atoms with Crippen LogP contribution in [-0.2, 0) is 16.1 Å². The van der Waals surface area contributed by atoms with Crippen molar-refractivity contribution >= 4 is 11.9 Å². The molecule has 0 saturated heterocycles. The molecule has 0 atom stereocenters. The Hall–Kier alpha value is -3.02. The third-order valence-corrected chi connectivity index (χ3v) is 3.56. The highest BCUT2D eigenvalue weighted by Gasteiger charge is 2.22. The second-order valence-corrected chi connectivity index (χ2v) is 5.33. The summed E-state index contributed by atoms with van der Waals surface area (Å²) in [6.45, 7) is 1.97. The van der Waals surface area contributed by atoms with Crippen LogP contribution in [0.3, 0.4) is 0 Å². The number of amides is 1. The summed E-state index contributed by atoms with van der Waals surface area (Å²) in [5.41, 5.74) is 0.967. The summed E-state index contributed by atoms with van der Waals surface area (Å²) in [4.78, 5) is 26.0. The number of ether oxygens (including phenoxy) is 2. The van der Waals surface area contributed by atoms with Gasteiger partial charge in [0, 0.05) is 12.6 Å². The summed E-state index contributed by atoms with van der Waals surface area (Å²) in [7, 11) is 1.47. The second-order valence-electron chi connectivity index (χ2n) is 5.33. The van der Waals surface area contributed by atoms with Gasteiger partial charge in [0.1, 0.15) is 18.0 Å². The van der Waals surface area contributed by atoms with Crippen molar-refractivity contribution in [2.75, 3.05) is 20.3 Å². The smallest absolute Gasteiger partial charge is 0.325 e. The van der Waals surface area contributed by atoms with Gasteiger partial charge in [-0.25, -0.2) is 0 Å². The Morgan fingerprint density at radius 3 is 2.44 bits per heavy atom. The normalized spacial score (nSPS) is 10.2. The first-order chi connectivity index (χ1) is 12.0. The maximum absolute atomic E-state index is 12.8. The van der Waals surface area contributed by atoms with Crippen LogP contribution in [0.5, 0.6) is 11.5 Å². The molecule has 2 aromatic rings. The zero-order chi connectivity index (χ0) is 18.2. The lowest BCUT2D eigenvalue weighted by molar-refractivity contribution is -0.143. The standard InChI is InChI=1S/C19H21NO5/c1-3-25-18(22)13-20(12-14-7-5-4-6-8-14)19(23)16-10-9-15(24-2)11-17(16)21/h4-11,21H,3,12-13H2,1-2H3. The molecule has 0 aliphatic heterocycles. The van der Waals surface area contributed by atoms with E-state index >= 15 is 0 Å². The summed E-state index contributed by atoms with van der Waals surface area (Å²) < 4.78 is 9.97. The Labute approximate surface area is 146 Å². The number of aromatic hydroxyl groups is 1. The maximum Gasteiger partial charge on any atom is 0.325 e. The van der Waals surface area contributed by atoms with Crippen molar-refractivity contribution in [3.63, 3.8) is 0 Å². The molecule has 132 valence electrons. The summed E-state index contributed by atoms with van der Waals surface area (Å²) in [6.07, 6.45) is 0. The third kappa shape index (κ3) is 4.97. The molecule has 25 heavy (non-hydrogen) atoms. The second kappa shape index (κ2) is 8.73. The SMILES string of the molecule is CCOC(=O)CN(Cc1ccccc1)C(=O)c1ccc(OC)cc1O. The molecule has 0 heterocycles. The lowest BCUT2D eigenvalue weighted by atomic mass is 10.1. The van der Waals surface area contributed by atoms with Gasteiger partial charge >= 0.3 is 5.97 Å². The topological polar surface area (TPSA) is 76.1 Å². The van der Waals surface area contributed by atoms with Crippen LogP contribution in [0, 0.1) is 0 Å². The molecule has 2 aromatic carbocycles. The van der Waals surface area contributed by atoms with Crippen LogP contribution in [0.15, 0.2) is 48.5 Å². The monoisotopic (exact) mass is 343 g/mol. The zero-order valence-electron chi connectivity index (χ0n) is 14.3. The fraction of sp³-hybridized carbons (Fsp3) is 0.263. The molecular formula is C19H21NO5. The predicted molar refractivity (Wildman–Crippen MR) is 92.5 cm³/mol. The summed E-state index contributed by atoms with van der Waals surface area (Å²) in [6, 6.07) is 13.7. The van der Waals surface area contributed by atoms with Crippen molar-refractivity contribution in [1.82, 2.24) is 4.90 Å². The Morgan fingerprint density at radius 1 is 1.12 bits per heavy atom. The van der Waals surface area contributed by atoms with Crippen molar-refractivity contribution in [3.8, 4) is 11.5 Å². The quantitative estimate of drug-likeness (QED) is 0.782. The highest BCUT2D eigenvalue weighted by atomic mass is 16.5. The van der Waals surface area contributed by atoms with Gasteiger partial charge in [0.25, 0.3) is 5.91 Å². The zero-order valence-corrected chi connectivity index (χ0v) is 14.3. The van der Waals surface area contributed by atoms with E-state index in [4.69, 9.17) is 9.47 Å². The molecule has 0 bridgehead atoms. The minimum Gasteiger partial charge on any atom is -0.507 e. The number of carbonyl (C=O) groups excluding carboxylic acids is 2. The number of nitrogens with zero attached hydrogens (tertiary/aromatic N) is 1. The molecule has 0 aromatic heterocycles. The Balaban J connectivity index is 2.26. The summed E-state index contributed by atoms with van der Waals surface area (Å²) in [5, 5.41) is 10.1. The van der Waals surface area contributed by atoms with Crippen LogP contribution in [0.25, 0.3) is 0 Å². The van der Waals surface area contributed by atoms with Gasteiger partial charge in [-0.1, -0.05) is 30.3 Å². The number of carbonyl (C=O) groups is 2. The molecule has 0 saturated carbocycles. The predicted octanol–water partition coefficient (Wildman–Crippen LogP) is 2.61. The highest BCUT2D eigenvalue weighted by molar-refractivity contribution is 5.98. The van der Waals surface area contributed by atoms with Crippen LogP contribution < -0.4 is 4.74 Å². The summed E-state index contributed by atoms with van der Waals surface area (Å²) in [5.74, 6) is -0.725. The number of hydrogen-bond donors (Lipinski definition) is 1. The average molecular weight is 343 g/mol. The Bertz CT molecular complexity index is 730. The molecule has 2 rings (SSSR count). The molecule has 0 aliphatic carbocycles. The lowest BCUT2D eigenvalue weighted by Crippen LogP contribution is -2.36. The van der Waals surface area contributed by atoms with Crippen molar-refractivity contribution in [3.05, 3.63) is 59.7 Å². The van der Waals surface area contributed by atoms with Gasteiger partial charge < -0.3 is 19.5 Å². The molecule has 0 spiro atoms. The number of methoxy groups -OCH3 is 1. The fourth-order valence-electron chi connectivity index (χ4n) is 2.36. The van der Waals surface area contributed by atoms with Gasteiger partial charge in [-0.05, 0) is 24.6 Å². The van der Waals surface area contributed by atoms with Gasteiger partial charge in [0.15, 0.2) is 0 Å². The average Bonchev–Trinajstić information content (AvgIpc) is 2.61. The van der Waals surface area contributed by atoms with Gasteiger partial charge in [0.05, 0.1) is 19.3 Å². The van der Waals surface area contributed by atoms with Gasteiger partial charge in [-0.3, -0.25) is 9.59 Å². The van der Waals surface area contributed by atoms with E-state index in [1.807, 2.05) is 30.3 Å². The first-order valence-corrected chi connectivity index (χ1v) is 7.91. The fourth-order valence-corrected chi connectivity index (χ4v) is 2.36. The Kier molecular flexibility index (Phi) is 6.39. The van der Waals surface area contributed by atoms with Gasteiger partial charge in [0.2, 0.25) is 0 Å². The van der Waals surface area contributed by atoms with Crippen molar-refractivity contribution in [2.45, 2.75) is 13.5 Å². The first-order valence-electron chi connectivity index (χ1n) is 7.91. The highest BCUT2D eigenvalue weighted by Crippen LogP contribution is 2.25. The lowest BCUT2D eigenvalue weighted by Gasteiger charge is -2.22. The first kappa shape index (κ1) is 18.3. The van der Waals surface area contributed by atoms with Crippen LogP contribution in [0.4, 0.5) is 0 Å². The third-order valence-electron chi connectivity index (χ3n) is 3.56. The maximum atomic E-state index is 12.8. The van der Waals surface area contributed by atoms with Gasteiger partial charge in [-0.15, -0.1) is 0 Å². The van der Waals surface area contributed by atoms with E-state index < -0.39 is 11.9 Å². The van der Waals surface area contributed by atoms with E-state index in [0.29, 0.717) is 5.75 Å². The van der Waals surface area contributed by atoms with E-state index in [1.54, 1.807) is 13.0 Å². The van der Waals surface area contributed by atoms with E-state index in [-0.39, 0.29) is 31.0 Å². The number of benzene rings is 2. The molecule has 0 unspecified atom stereocenters. The number of phenols is 1. The minimum atomic E-state index is -0.500. The molecular weight excluding hydrogens is 322 g/mol. The molecule has 6 heteroatoms. The Morgan fingerprint density at radius 2 is 1.84 bits per heavy atom. The molecule has 1 N–H and O–H groups in total. The van der Waals surface area contributed by atoms with Crippen LogP contribution in [0.2, 0.25) is 0 Å². The molecule has 6 nitrogen and oxygen atoms in total. The van der Waals surface area contributed by atoms with E-state index in [2.05, 4.69) is 0 Å². The summed E-state index contributed by atoms with van der Waals surface area (Å²) >= 11 is 0. The number of esters is 1. The molecule has 0 radical (unpaired) electrons. The van der Waals surface area contributed by atoms with E-state index in [1.165, 1.54) is 24.1 Å². The molecule has 0 fully saturated rings.